The van der Waals surface area contributed by atoms with Crippen molar-refractivity contribution in [1.82, 2.24) is 9.80 Å². The summed E-state index contributed by atoms with van der Waals surface area (Å²) < 4.78 is 6.02. The highest BCUT2D eigenvalue weighted by Gasteiger charge is 2.53. The van der Waals surface area contributed by atoms with E-state index in [0.29, 0.717) is 32.8 Å². The van der Waals surface area contributed by atoms with E-state index in [1.807, 2.05) is 13.8 Å². The Labute approximate surface area is 255 Å². The van der Waals surface area contributed by atoms with Crippen LogP contribution in [-0.2, 0) is 14.3 Å². The van der Waals surface area contributed by atoms with Gasteiger partial charge in [0.05, 0.1) is 22.5 Å². The molecule has 1 N–H and O–H groups in total. The highest BCUT2D eigenvalue weighted by molar-refractivity contribution is 6.36. The van der Waals surface area contributed by atoms with Crippen molar-refractivity contribution in [1.29, 1.82) is 0 Å². The van der Waals surface area contributed by atoms with Gasteiger partial charge < -0.3 is 9.84 Å². The maximum atomic E-state index is 14.1. The van der Waals surface area contributed by atoms with E-state index in [0.717, 1.165) is 17.7 Å². The monoisotopic (exact) mass is 612 g/mol. The molecule has 42 heavy (non-hydrogen) atoms. The van der Waals surface area contributed by atoms with Crippen LogP contribution in [0.3, 0.4) is 0 Å². The largest absolute Gasteiger partial charge is 0.464 e. The number of hydrogen-bond donors (Lipinski definition) is 1. The maximum Gasteiger partial charge on any atom is 0.421 e. The minimum Gasteiger partial charge on any atom is -0.464 e. The Bertz CT molecular complexity index is 1460. The third-order valence-electron chi connectivity index (χ3n) is 7.83. The smallest absolute Gasteiger partial charge is 0.421 e. The topological polar surface area (TPSA) is 104 Å². The third kappa shape index (κ3) is 5.70. The first kappa shape index (κ1) is 31.3. The van der Waals surface area contributed by atoms with Crippen molar-refractivity contribution >= 4 is 58.6 Å². The van der Waals surface area contributed by atoms with Gasteiger partial charge in [-0.1, -0.05) is 88.5 Å². The molecule has 5 rings (SSSR count). The number of carbonyl (C=O) groups excluding carboxylic acids is 3. The summed E-state index contributed by atoms with van der Waals surface area (Å²) in [6, 6.07) is 12.3. The van der Waals surface area contributed by atoms with Crippen LogP contribution >= 0.6 is 23.2 Å². The molecule has 1 fully saturated rings. The number of halogens is 2. The van der Waals surface area contributed by atoms with Gasteiger partial charge in [-0.3, -0.25) is 9.59 Å². The van der Waals surface area contributed by atoms with Crippen LogP contribution in [0.15, 0.2) is 59.7 Å². The first-order valence-electron chi connectivity index (χ1n) is 14.1. The van der Waals surface area contributed by atoms with Crippen LogP contribution < -0.4 is 0 Å². The number of nitrogens with zero attached hydrogens (tertiary/aromatic N) is 2. The summed E-state index contributed by atoms with van der Waals surface area (Å²) in [5, 5.41) is 10.8. The normalized spacial score (nSPS) is 22.0. The van der Waals surface area contributed by atoms with Crippen molar-refractivity contribution in [2.24, 2.45) is 17.8 Å². The van der Waals surface area contributed by atoms with E-state index in [-0.39, 0.29) is 39.9 Å². The molecule has 8 nitrogen and oxygen atoms in total. The molecule has 0 radical (unpaired) electrons. The van der Waals surface area contributed by atoms with Crippen molar-refractivity contribution in [2.45, 2.75) is 60.0 Å². The molecule has 10 heteroatoms. The summed E-state index contributed by atoms with van der Waals surface area (Å²) in [6.45, 7) is 10.3. The lowest BCUT2D eigenvalue weighted by Crippen LogP contribution is -2.41. The number of amides is 4. The Morgan fingerprint density at radius 3 is 1.74 bits per heavy atom. The number of carboxylic acid groups (broad SMARTS) is 1. The maximum absolute atomic E-state index is 14.1. The van der Waals surface area contributed by atoms with Crippen LogP contribution in [-0.4, -0.2) is 45.0 Å². The van der Waals surface area contributed by atoms with E-state index in [1.165, 1.54) is 24.3 Å². The minimum atomic E-state index is -1.56. The van der Waals surface area contributed by atoms with Gasteiger partial charge in [0.15, 0.2) is 0 Å². The van der Waals surface area contributed by atoms with Crippen molar-refractivity contribution in [2.75, 3.05) is 0 Å². The standard InChI is InChI=1S/C30H28Cl2N2O6.C2H6/c1-15(2)21-13-4-16(3)14-22(21)40-30(39)34-26(18-7-11-20(32)12-8-18)24-23(28(34)36)25(33(27(24)35)29(37)38)17-5-9-19(31)10-6-17;1-2/h5-12,15-16,21-22H,4,13-14H2,1-3H3,(H,37,38);1-2H3. The Balaban J connectivity index is 0.00000198. The number of fused-ring (bicyclic) bond motifs is 1. The quantitative estimate of drug-likeness (QED) is 0.374. The van der Waals surface area contributed by atoms with Gasteiger partial charge in [-0.25, -0.2) is 19.4 Å². The van der Waals surface area contributed by atoms with Crippen molar-refractivity contribution < 1.29 is 29.0 Å². The molecule has 1 aliphatic carbocycles. The molecular formula is C32H34Cl2N2O6. The zero-order valence-corrected chi connectivity index (χ0v) is 25.7. The Morgan fingerprint density at radius 1 is 0.833 bits per heavy atom. The number of imide groups is 2. The fraction of sp³-hybridized carbons (Fsp3) is 0.375. The Morgan fingerprint density at radius 2 is 1.29 bits per heavy atom. The highest BCUT2D eigenvalue weighted by Crippen LogP contribution is 2.47. The van der Waals surface area contributed by atoms with Crippen LogP contribution in [0.5, 0.6) is 0 Å². The molecule has 222 valence electrons. The molecule has 3 aliphatic rings. The Hall–Kier alpha value is -3.62. The average Bonchev–Trinajstić information content (AvgIpc) is 3.42. The summed E-state index contributed by atoms with van der Waals surface area (Å²) in [7, 11) is 0. The minimum absolute atomic E-state index is 0.0353. The molecular weight excluding hydrogens is 579 g/mol. The van der Waals surface area contributed by atoms with Gasteiger partial charge in [0.2, 0.25) is 0 Å². The molecule has 4 amide bonds. The first-order chi connectivity index (χ1) is 20.0. The van der Waals surface area contributed by atoms with Gasteiger partial charge in [-0.15, -0.1) is 0 Å². The lowest BCUT2D eigenvalue weighted by atomic mass is 9.75. The van der Waals surface area contributed by atoms with Crippen LogP contribution in [0.4, 0.5) is 9.59 Å². The summed E-state index contributed by atoms with van der Waals surface area (Å²) >= 11 is 12.1. The number of benzene rings is 2. The molecule has 1 saturated carbocycles. The zero-order chi connectivity index (χ0) is 30.9. The average molecular weight is 614 g/mol. The number of hydrogen-bond acceptors (Lipinski definition) is 5. The van der Waals surface area contributed by atoms with Gasteiger partial charge in [0.25, 0.3) is 11.8 Å². The van der Waals surface area contributed by atoms with Gasteiger partial charge in [0.1, 0.15) is 6.10 Å². The molecule has 0 aromatic heterocycles. The molecule has 3 atom stereocenters. The summed E-state index contributed by atoms with van der Waals surface area (Å²) in [5.41, 5.74) is 0.0792. The van der Waals surface area contributed by atoms with Crippen LogP contribution in [0.1, 0.15) is 65.0 Å². The van der Waals surface area contributed by atoms with Crippen molar-refractivity contribution in [3.8, 4) is 0 Å². The van der Waals surface area contributed by atoms with E-state index in [4.69, 9.17) is 27.9 Å². The molecule has 2 aliphatic heterocycles. The Kier molecular flexibility index (Phi) is 9.48. The fourth-order valence-corrected chi connectivity index (χ4v) is 6.11. The van der Waals surface area contributed by atoms with Gasteiger partial charge in [-0.2, -0.15) is 0 Å². The summed E-state index contributed by atoms with van der Waals surface area (Å²) in [6.07, 6.45) is -0.285. The van der Waals surface area contributed by atoms with E-state index in [1.54, 1.807) is 24.3 Å². The molecule has 3 unspecified atom stereocenters. The van der Waals surface area contributed by atoms with Crippen molar-refractivity contribution in [3.05, 3.63) is 80.8 Å². The van der Waals surface area contributed by atoms with Gasteiger partial charge in [-0.05, 0) is 66.0 Å². The number of rotatable bonds is 4. The molecule has 0 bridgehead atoms. The second-order valence-corrected chi connectivity index (χ2v) is 11.6. The number of carbonyl (C=O) groups is 4. The van der Waals surface area contributed by atoms with E-state index in [2.05, 4.69) is 20.8 Å². The SMILES string of the molecule is CC.CC1CCC(C(C)C)C(OC(=O)N2C(=O)C3=C(c4ccc(Cl)cc4)N(C(=O)O)C(=O)C3=C2c2ccc(Cl)cc2)C1. The van der Waals surface area contributed by atoms with Crippen LogP contribution in [0.25, 0.3) is 11.4 Å². The third-order valence-corrected chi connectivity index (χ3v) is 8.33. The van der Waals surface area contributed by atoms with E-state index >= 15 is 0 Å². The zero-order valence-electron chi connectivity index (χ0n) is 24.2. The molecule has 2 aromatic carbocycles. The van der Waals surface area contributed by atoms with Gasteiger partial charge in [0, 0.05) is 10.0 Å². The predicted octanol–water partition coefficient (Wildman–Crippen LogP) is 8.10. The summed E-state index contributed by atoms with van der Waals surface area (Å²) in [4.78, 5) is 55.3. The van der Waals surface area contributed by atoms with E-state index in [9.17, 15) is 24.3 Å². The van der Waals surface area contributed by atoms with Crippen LogP contribution in [0.2, 0.25) is 10.0 Å². The highest BCUT2D eigenvalue weighted by atomic mass is 35.5. The molecule has 2 aromatic rings. The molecule has 0 spiro atoms. The second kappa shape index (κ2) is 12.7. The van der Waals surface area contributed by atoms with Crippen LogP contribution in [0, 0.1) is 17.8 Å². The first-order valence-corrected chi connectivity index (χ1v) is 14.9. The lowest BCUT2D eigenvalue weighted by Gasteiger charge is -2.37. The van der Waals surface area contributed by atoms with Gasteiger partial charge >= 0.3 is 12.2 Å². The predicted molar refractivity (Wildman–Crippen MR) is 161 cm³/mol. The van der Waals surface area contributed by atoms with E-state index < -0.39 is 30.1 Å². The fourth-order valence-electron chi connectivity index (χ4n) is 5.86. The molecule has 0 saturated heterocycles. The summed E-state index contributed by atoms with van der Waals surface area (Å²) in [5.74, 6) is -1.04. The van der Waals surface area contributed by atoms with Crippen molar-refractivity contribution in [3.63, 3.8) is 0 Å². The molecule has 2 heterocycles. The second-order valence-electron chi connectivity index (χ2n) is 10.8. The number of ether oxygens (including phenoxy) is 1. The lowest BCUT2D eigenvalue weighted by molar-refractivity contribution is -0.123.